The number of rotatable bonds is 3. The lowest BCUT2D eigenvalue weighted by Gasteiger charge is -2.26. The molecule has 27 heavy (non-hydrogen) atoms. The SMILES string of the molecule is CC.CCOC(=O)C(C)(C)C(C)C.c1ccc2cc3ccccc3cc2c1. The Hall–Kier alpha value is -2.35. The number of esters is 1. The van der Waals surface area contributed by atoms with Crippen molar-refractivity contribution in [3.63, 3.8) is 0 Å². The molecule has 2 heteroatoms. The Morgan fingerprint density at radius 2 is 1.19 bits per heavy atom. The van der Waals surface area contributed by atoms with E-state index in [4.69, 9.17) is 4.74 Å². The first kappa shape index (κ1) is 22.7. The second-order valence-corrected chi connectivity index (χ2v) is 7.14. The van der Waals surface area contributed by atoms with Crippen LogP contribution >= 0.6 is 0 Å². The van der Waals surface area contributed by atoms with Crippen LogP contribution in [-0.2, 0) is 9.53 Å². The number of carbonyl (C=O) groups excluding carboxylic acids is 1. The molecule has 2 nitrogen and oxygen atoms in total. The first-order valence-electron chi connectivity index (χ1n) is 9.91. The van der Waals surface area contributed by atoms with Crippen molar-refractivity contribution in [3.05, 3.63) is 60.7 Å². The monoisotopic (exact) mass is 366 g/mol. The van der Waals surface area contributed by atoms with Crippen molar-refractivity contribution in [3.8, 4) is 0 Å². The van der Waals surface area contributed by atoms with E-state index in [2.05, 4.69) is 60.7 Å². The molecule has 0 aliphatic heterocycles. The van der Waals surface area contributed by atoms with E-state index >= 15 is 0 Å². The van der Waals surface area contributed by atoms with Crippen LogP contribution in [0.15, 0.2) is 60.7 Å². The van der Waals surface area contributed by atoms with Crippen LogP contribution in [0.3, 0.4) is 0 Å². The summed E-state index contributed by atoms with van der Waals surface area (Å²) in [6.45, 7) is 14.2. The molecule has 0 bridgehead atoms. The zero-order chi connectivity index (χ0) is 20.4. The Kier molecular flexibility index (Phi) is 9.00. The van der Waals surface area contributed by atoms with Crippen molar-refractivity contribution in [1.82, 2.24) is 0 Å². The van der Waals surface area contributed by atoms with E-state index < -0.39 is 0 Å². The highest BCUT2D eigenvalue weighted by molar-refractivity contribution is 5.98. The molecule has 3 aromatic carbocycles. The summed E-state index contributed by atoms with van der Waals surface area (Å²) >= 11 is 0. The van der Waals surface area contributed by atoms with Gasteiger partial charge in [0.1, 0.15) is 0 Å². The molecule has 0 spiro atoms. The fourth-order valence-corrected chi connectivity index (χ4v) is 2.44. The van der Waals surface area contributed by atoms with Gasteiger partial charge in [-0.25, -0.2) is 0 Å². The topological polar surface area (TPSA) is 26.3 Å². The number of hydrogen-bond donors (Lipinski definition) is 0. The molecule has 0 aliphatic rings. The van der Waals surface area contributed by atoms with E-state index in [0.717, 1.165) is 0 Å². The molecular formula is C25H34O2. The van der Waals surface area contributed by atoms with Crippen molar-refractivity contribution in [1.29, 1.82) is 0 Å². The summed E-state index contributed by atoms with van der Waals surface area (Å²) < 4.78 is 4.93. The molecule has 0 saturated carbocycles. The number of benzene rings is 3. The first-order valence-corrected chi connectivity index (χ1v) is 9.91. The Morgan fingerprint density at radius 3 is 1.44 bits per heavy atom. The van der Waals surface area contributed by atoms with Gasteiger partial charge in [-0.15, -0.1) is 0 Å². The van der Waals surface area contributed by atoms with Gasteiger partial charge >= 0.3 is 5.97 Å². The highest BCUT2D eigenvalue weighted by Crippen LogP contribution is 2.27. The fourth-order valence-electron chi connectivity index (χ4n) is 2.44. The third-order valence-corrected chi connectivity index (χ3v) is 4.86. The molecule has 0 saturated heterocycles. The predicted octanol–water partition coefficient (Wildman–Crippen LogP) is 7.25. The fraction of sp³-hybridized carbons (Fsp3) is 0.400. The average molecular weight is 367 g/mol. The van der Waals surface area contributed by atoms with E-state index in [1.54, 1.807) is 0 Å². The van der Waals surface area contributed by atoms with E-state index in [-0.39, 0.29) is 11.4 Å². The number of ether oxygens (including phenoxy) is 1. The molecule has 0 radical (unpaired) electrons. The Bertz CT molecular complexity index is 742. The van der Waals surface area contributed by atoms with E-state index in [1.165, 1.54) is 21.5 Å². The molecule has 0 aliphatic carbocycles. The van der Waals surface area contributed by atoms with Gasteiger partial charge in [-0.1, -0.05) is 76.2 Å². The van der Waals surface area contributed by atoms with E-state index in [1.807, 2.05) is 48.5 Å². The van der Waals surface area contributed by atoms with Gasteiger partial charge in [0.25, 0.3) is 0 Å². The molecule has 0 atom stereocenters. The van der Waals surface area contributed by atoms with Crippen molar-refractivity contribution >= 4 is 27.5 Å². The summed E-state index contributed by atoms with van der Waals surface area (Å²) in [5.41, 5.74) is -0.351. The summed E-state index contributed by atoms with van der Waals surface area (Å²) in [6, 6.07) is 21.4. The van der Waals surface area contributed by atoms with Crippen molar-refractivity contribution in [2.45, 2.75) is 48.5 Å². The zero-order valence-corrected chi connectivity index (χ0v) is 17.9. The summed E-state index contributed by atoms with van der Waals surface area (Å²) in [6.07, 6.45) is 0. The third-order valence-electron chi connectivity index (χ3n) is 4.86. The molecule has 3 rings (SSSR count). The molecule has 0 unspecified atom stereocenters. The molecule has 0 aromatic heterocycles. The molecule has 0 N–H and O–H groups in total. The minimum atomic E-state index is -0.351. The molecule has 146 valence electrons. The number of carbonyl (C=O) groups is 1. The molecule has 0 amide bonds. The zero-order valence-electron chi connectivity index (χ0n) is 17.9. The maximum Gasteiger partial charge on any atom is 0.311 e. The standard InChI is InChI=1S/C14H10.C9H18O2.C2H6/c1-2-6-12-10-14-8-4-3-7-13(14)9-11(12)5-1;1-6-11-8(10)9(4,5)7(2)3;1-2/h1-10H;7H,6H2,1-5H3;1-2H3. The summed E-state index contributed by atoms with van der Waals surface area (Å²) in [5, 5.41) is 5.25. The molecular weight excluding hydrogens is 332 g/mol. The smallest absolute Gasteiger partial charge is 0.311 e. The third kappa shape index (κ3) is 6.09. The molecule has 0 fully saturated rings. The van der Waals surface area contributed by atoms with Crippen LogP contribution in [0.5, 0.6) is 0 Å². The number of hydrogen-bond acceptors (Lipinski definition) is 2. The van der Waals surface area contributed by atoms with Crippen LogP contribution in [0.2, 0.25) is 0 Å². The van der Waals surface area contributed by atoms with E-state index in [9.17, 15) is 4.79 Å². The van der Waals surface area contributed by atoms with Gasteiger partial charge in [0.2, 0.25) is 0 Å². The maximum absolute atomic E-state index is 11.3. The maximum atomic E-state index is 11.3. The predicted molar refractivity (Wildman–Crippen MR) is 118 cm³/mol. The van der Waals surface area contributed by atoms with Crippen LogP contribution in [0.4, 0.5) is 0 Å². The Balaban J connectivity index is 0.000000256. The van der Waals surface area contributed by atoms with Gasteiger partial charge in [-0.2, -0.15) is 0 Å². The quantitative estimate of drug-likeness (QED) is 0.360. The van der Waals surface area contributed by atoms with Crippen molar-refractivity contribution < 1.29 is 9.53 Å². The second-order valence-electron chi connectivity index (χ2n) is 7.14. The van der Waals surface area contributed by atoms with Crippen LogP contribution < -0.4 is 0 Å². The van der Waals surface area contributed by atoms with Gasteiger partial charge in [0, 0.05) is 0 Å². The molecule has 0 heterocycles. The largest absolute Gasteiger partial charge is 0.466 e. The van der Waals surface area contributed by atoms with Gasteiger partial charge in [0.15, 0.2) is 0 Å². The van der Waals surface area contributed by atoms with Crippen LogP contribution in [0, 0.1) is 11.3 Å². The normalized spacial score (nSPS) is 10.7. The van der Waals surface area contributed by atoms with Crippen molar-refractivity contribution in [2.24, 2.45) is 11.3 Å². The Labute approximate surface area is 164 Å². The van der Waals surface area contributed by atoms with Gasteiger partial charge in [-0.3, -0.25) is 4.79 Å². The lowest BCUT2D eigenvalue weighted by atomic mass is 9.81. The van der Waals surface area contributed by atoms with Crippen molar-refractivity contribution in [2.75, 3.05) is 6.61 Å². The lowest BCUT2D eigenvalue weighted by Crippen LogP contribution is -2.31. The second kappa shape index (κ2) is 10.7. The van der Waals surface area contributed by atoms with Gasteiger partial charge in [-0.05, 0) is 60.4 Å². The van der Waals surface area contributed by atoms with Gasteiger partial charge in [0.05, 0.1) is 12.0 Å². The van der Waals surface area contributed by atoms with Gasteiger partial charge < -0.3 is 4.74 Å². The lowest BCUT2D eigenvalue weighted by molar-refractivity contribution is -0.155. The first-order chi connectivity index (χ1) is 12.9. The van der Waals surface area contributed by atoms with Crippen LogP contribution in [0.25, 0.3) is 21.5 Å². The highest BCUT2D eigenvalue weighted by atomic mass is 16.5. The highest BCUT2D eigenvalue weighted by Gasteiger charge is 2.32. The number of fused-ring (bicyclic) bond motifs is 2. The van der Waals surface area contributed by atoms with E-state index in [0.29, 0.717) is 12.5 Å². The minimum Gasteiger partial charge on any atom is -0.466 e. The Morgan fingerprint density at radius 1 is 0.852 bits per heavy atom. The average Bonchev–Trinajstić information content (AvgIpc) is 2.68. The minimum absolute atomic E-state index is 0.102. The molecule has 3 aromatic rings. The summed E-state index contributed by atoms with van der Waals surface area (Å²) in [4.78, 5) is 11.3. The summed E-state index contributed by atoms with van der Waals surface area (Å²) in [7, 11) is 0. The van der Waals surface area contributed by atoms with Crippen LogP contribution in [0.1, 0.15) is 48.5 Å². The van der Waals surface area contributed by atoms with Crippen LogP contribution in [-0.4, -0.2) is 12.6 Å². The summed E-state index contributed by atoms with van der Waals surface area (Å²) in [5.74, 6) is 0.219.